The maximum atomic E-state index is 10.7. The van der Waals surface area contributed by atoms with Gasteiger partial charge >= 0.3 is 0 Å². The van der Waals surface area contributed by atoms with Crippen molar-refractivity contribution in [1.29, 1.82) is 0 Å². The molecule has 0 heterocycles. The number of benzene rings is 2. The molecule has 2 rings (SSSR count). The van der Waals surface area contributed by atoms with Crippen molar-refractivity contribution in [1.82, 2.24) is 0 Å². The molecule has 92 valence electrons. The molecule has 0 aliphatic rings. The SMILES string of the molecule is O=[N+]([O-])c1ccc(-c2ccc(Cl)cc2I)c(I)c1. The van der Waals surface area contributed by atoms with Crippen LogP contribution in [0.5, 0.6) is 0 Å². The van der Waals surface area contributed by atoms with Gasteiger partial charge in [0.15, 0.2) is 0 Å². The van der Waals surface area contributed by atoms with Gasteiger partial charge in [-0.3, -0.25) is 10.1 Å². The lowest BCUT2D eigenvalue weighted by molar-refractivity contribution is -0.384. The Morgan fingerprint density at radius 1 is 1.00 bits per heavy atom. The zero-order chi connectivity index (χ0) is 13.3. The van der Waals surface area contributed by atoms with Crippen LogP contribution in [0.4, 0.5) is 5.69 Å². The third-order valence-electron chi connectivity index (χ3n) is 2.38. The maximum absolute atomic E-state index is 10.7. The Balaban J connectivity index is 2.54. The van der Waals surface area contributed by atoms with Gasteiger partial charge in [-0.15, -0.1) is 0 Å². The fraction of sp³-hybridized carbons (Fsp3) is 0. The quantitative estimate of drug-likeness (QED) is 0.337. The lowest BCUT2D eigenvalue weighted by Crippen LogP contribution is -1.91. The molecule has 0 atom stereocenters. The van der Waals surface area contributed by atoms with Gasteiger partial charge < -0.3 is 0 Å². The summed E-state index contributed by atoms with van der Waals surface area (Å²) in [7, 11) is 0. The average Bonchev–Trinajstić information content (AvgIpc) is 2.30. The number of hydrogen-bond donors (Lipinski definition) is 0. The zero-order valence-corrected chi connectivity index (χ0v) is 13.9. The first-order valence-electron chi connectivity index (χ1n) is 4.88. The van der Waals surface area contributed by atoms with Gasteiger partial charge in [-0.05, 0) is 74.5 Å². The summed E-state index contributed by atoms with van der Waals surface area (Å²) in [5.74, 6) is 0. The van der Waals surface area contributed by atoms with E-state index in [4.69, 9.17) is 11.6 Å². The normalized spacial score (nSPS) is 10.4. The topological polar surface area (TPSA) is 43.1 Å². The number of nitro groups is 1. The molecular weight excluding hydrogens is 479 g/mol. The molecule has 0 saturated carbocycles. The molecule has 0 radical (unpaired) electrons. The van der Waals surface area contributed by atoms with E-state index in [0.717, 1.165) is 18.3 Å². The van der Waals surface area contributed by atoms with Crippen molar-refractivity contribution >= 4 is 62.5 Å². The standard InChI is InChI=1S/C12H6ClI2NO2/c13-7-1-3-9(11(14)5-7)10-4-2-8(16(17)18)6-12(10)15/h1-6H. The van der Waals surface area contributed by atoms with Crippen molar-refractivity contribution in [2.24, 2.45) is 0 Å². The van der Waals surface area contributed by atoms with Crippen LogP contribution in [-0.2, 0) is 0 Å². The number of hydrogen-bond acceptors (Lipinski definition) is 2. The molecule has 0 aliphatic carbocycles. The van der Waals surface area contributed by atoms with Crippen LogP contribution in [0.1, 0.15) is 0 Å². The third-order valence-corrected chi connectivity index (χ3v) is 4.40. The number of nitrogens with zero attached hydrogens (tertiary/aromatic N) is 1. The van der Waals surface area contributed by atoms with Crippen molar-refractivity contribution in [2.45, 2.75) is 0 Å². The summed E-state index contributed by atoms with van der Waals surface area (Å²) in [5, 5.41) is 11.4. The Morgan fingerprint density at radius 3 is 2.06 bits per heavy atom. The van der Waals surface area contributed by atoms with E-state index in [1.165, 1.54) is 6.07 Å². The molecule has 0 saturated heterocycles. The second kappa shape index (κ2) is 5.70. The fourth-order valence-corrected chi connectivity index (χ4v) is 3.50. The van der Waals surface area contributed by atoms with E-state index in [1.54, 1.807) is 12.1 Å². The highest BCUT2D eigenvalue weighted by atomic mass is 127. The molecule has 2 aromatic rings. The highest BCUT2D eigenvalue weighted by molar-refractivity contribution is 14.1. The summed E-state index contributed by atoms with van der Waals surface area (Å²) < 4.78 is 1.87. The number of halogens is 3. The molecule has 6 heteroatoms. The van der Waals surface area contributed by atoms with Crippen LogP contribution in [-0.4, -0.2) is 4.92 Å². The van der Waals surface area contributed by atoms with Crippen molar-refractivity contribution in [3.63, 3.8) is 0 Å². The predicted molar refractivity (Wildman–Crippen MR) is 89.0 cm³/mol. The summed E-state index contributed by atoms with van der Waals surface area (Å²) in [6.07, 6.45) is 0. The van der Waals surface area contributed by atoms with E-state index in [2.05, 4.69) is 45.2 Å². The summed E-state index contributed by atoms with van der Waals surface area (Å²) in [6, 6.07) is 10.5. The van der Waals surface area contributed by atoms with Gasteiger partial charge in [-0.2, -0.15) is 0 Å². The molecule has 0 spiro atoms. The van der Waals surface area contributed by atoms with E-state index in [9.17, 15) is 10.1 Å². The predicted octanol–water partition coefficient (Wildman–Crippen LogP) is 5.12. The second-order valence-electron chi connectivity index (χ2n) is 3.55. The summed E-state index contributed by atoms with van der Waals surface area (Å²) in [6.45, 7) is 0. The van der Waals surface area contributed by atoms with Crippen molar-refractivity contribution < 1.29 is 4.92 Å². The highest BCUT2D eigenvalue weighted by Crippen LogP contribution is 2.32. The van der Waals surface area contributed by atoms with Crippen LogP contribution < -0.4 is 0 Å². The molecule has 0 aromatic heterocycles. The van der Waals surface area contributed by atoms with Crippen LogP contribution in [0.25, 0.3) is 11.1 Å². The van der Waals surface area contributed by atoms with Crippen molar-refractivity contribution in [3.8, 4) is 11.1 Å². The Morgan fingerprint density at radius 2 is 1.56 bits per heavy atom. The molecule has 2 aromatic carbocycles. The number of rotatable bonds is 2. The Kier molecular flexibility index (Phi) is 4.44. The van der Waals surface area contributed by atoms with Gasteiger partial charge in [0.25, 0.3) is 5.69 Å². The van der Waals surface area contributed by atoms with E-state index < -0.39 is 4.92 Å². The van der Waals surface area contributed by atoms with E-state index in [0.29, 0.717) is 5.02 Å². The van der Waals surface area contributed by atoms with E-state index in [1.807, 2.05) is 18.2 Å². The van der Waals surface area contributed by atoms with Gasteiger partial charge in [-0.1, -0.05) is 17.7 Å². The molecule has 0 bridgehead atoms. The summed E-state index contributed by atoms with van der Waals surface area (Å²) >= 11 is 10.2. The molecular formula is C12H6ClI2NO2. The van der Waals surface area contributed by atoms with Gasteiger partial charge in [-0.25, -0.2) is 0 Å². The van der Waals surface area contributed by atoms with Crippen LogP contribution in [0.2, 0.25) is 5.02 Å². The minimum Gasteiger partial charge on any atom is -0.258 e. The minimum atomic E-state index is -0.390. The van der Waals surface area contributed by atoms with Gasteiger partial charge in [0.05, 0.1) is 4.92 Å². The Bertz CT molecular complexity index is 631. The maximum Gasteiger partial charge on any atom is 0.270 e. The lowest BCUT2D eigenvalue weighted by atomic mass is 10.1. The smallest absolute Gasteiger partial charge is 0.258 e. The van der Waals surface area contributed by atoms with Crippen molar-refractivity contribution in [2.75, 3.05) is 0 Å². The third kappa shape index (κ3) is 2.94. The monoisotopic (exact) mass is 485 g/mol. The Hall–Kier alpha value is -0.410. The number of nitro benzene ring substituents is 1. The molecule has 0 fully saturated rings. The first-order valence-corrected chi connectivity index (χ1v) is 7.42. The minimum absolute atomic E-state index is 0.104. The molecule has 3 nitrogen and oxygen atoms in total. The molecule has 0 aliphatic heterocycles. The fourth-order valence-electron chi connectivity index (χ4n) is 1.54. The van der Waals surface area contributed by atoms with Crippen LogP contribution >= 0.6 is 56.8 Å². The highest BCUT2D eigenvalue weighted by Gasteiger charge is 2.12. The molecule has 0 unspecified atom stereocenters. The first-order chi connectivity index (χ1) is 8.49. The van der Waals surface area contributed by atoms with Crippen LogP contribution in [0, 0.1) is 17.3 Å². The average molecular weight is 485 g/mol. The van der Waals surface area contributed by atoms with Crippen molar-refractivity contribution in [3.05, 3.63) is 58.7 Å². The van der Waals surface area contributed by atoms with Gasteiger partial charge in [0.1, 0.15) is 0 Å². The summed E-state index contributed by atoms with van der Waals surface area (Å²) in [5.41, 5.74) is 2.11. The molecule has 18 heavy (non-hydrogen) atoms. The van der Waals surface area contributed by atoms with Gasteiger partial charge in [0, 0.05) is 24.3 Å². The molecule has 0 amide bonds. The first kappa shape index (κ1) is 14.0. The summed E-state index contributed by atoms with van der Waals surface area (Å²) in [4.78, 5) is 10.3. The lowest BCUT2D eigenvalue weighted by Gasteiger charge is -2.07. The van der Waals surface area contributed by atoms with Gasteiger partial charge in [0.2, 0.25) is 0 Å². The van der Waals surface area contributed by atoms with E-state index >= 15 is 0 Å². The largest absolute Gasteiger partial charge is 0.270 e. The number of non-ortho nitro benzene ring substituents is 1. The zero-order valence-electron chi connectivity index (χ0n) is 8.86. The van der Waals surface area contributed by atoms with Crippen LogP contribution in [0.3, 0.4) is 0 Å². The molecule has 0 N–H and O–H groups in total. The van der Waals surface area contributed by atoms with E-state index in [-0.39, 0.29) is 5.69 Å². The van der Waals surface area contributed by atoms with Crippen LogP contribution in [0.15, 0.2) is 36.4 Å². The Labute approximate surface area is 136 Å². The second-order valence-corrected chi connectivity index (χ2v) is 6.31.